The molecule has 196 valence electrons. The normalized spacial score (nSPS) is 13.2. The molecular formula is C28H24Cl2N2O5S. The highest BCUT2D eigenvalue weighted by Crippen LogP contribution is 2.39. The van der Waals surface area contributed by atoms with E-state index in [1.807, 2.05) is 6.92 Å². The molecule has 0 saturated heterocycles. The first-order valence-electron chi connectivity index (χ1n) is 11.8. The van der Waals surface area contributed by atoms with E-state index in [9.17, 15) is 14.4 Å². The lowest BCUT2D eigenvalue weighted by molar-refractivity contribution is -0.120. The third kappa shape index (κ3) is 6.15. The number of carbonyl (C=O) groups excluding carboxylic acids is 3. The minimum atomic E-state index is -0.563. The molecule has 10 heteroatoms. The van der Waals surface area contributed by atoms with Gasteiger partial charge in [0.15, 0.2) is 0 Å². The highest BCUT2D eigenvalue weighted by Gasteiger charge is 2.40. The fourth-order valence-corrected chi connectivity index (χ4v) is 4.85. The Morgan fingerprint density at radius 1 is 0.947 bits per heavy atom. The zero-order valence-electron chi connectivity index (χ0n) is 20.6. The van der Waals surface area contributed by atoms with Crippen molar-refractivity contribution in [1.29, 1.82) is 0 Å². The van der Waals surface area contributed by atoms with Crippen LogP contribution in [0.3, 0.4) is 0 Å². The number of ether oxygens (including phenoxy) is 2. The number of thioether (sulfide) groups is 1. The fraction of sp³-hybridized carbons (Fsp3) is 0.179. The first-order valence-corrected chi connectivity index (χ1v) is 13.3. The van der Waals surface area contributed by atoms with Gasteiger partial charge < -0.3 is 14.8 Å². The number of nitrogens with zero attached hydrogens (tertiary/aromatic N) is 1. The summed E-state index contributed by atoms with van der Waals surface area (Å²) in [7, 11) is 1.49. The molecule has 38 heavy (non-hydrogen) atoms. The predicted molar refractivity (Wildman–Crippen MR) is 150 cm³/mol. The van der Waals surface area contributed by atoms with Crippen LogP contribution >= 0.6 is 35.0 Å². The van der Waals surface area contributed by atoms with E-state index in [1.54, 1.807) is 54.6 Å². The highest BCUT2D eigenvalue weighted by molar-refractivity contribution is 8.04. The number of unbranched alkanes of at least 4 members (excludes halogenated alkanes) is 1. The molecule has 0 spiro atoms. The largest absolute Gasteiger partial charge is 0.495 e. The van der Waals surface area contributed by atoms with Crippen molar-refractivity contribution < 1.29 is 23.9 Å². The minimum Gasteiger partial charge on any atom is -0.495 e. The number of amides is 2. The topological polar surface area (TPSA) is 84.9 Å². The second kappa shape index (κ2) is 12.4. The van der Waals surface area contributed by atoms with E-state index in [4.69, 9.17) is 32.7 Å². The van der Waals surface area contributed by atoms with Crippen molar-refractivity contribution in [2.75, 3.05) is 23.9 Å². The van der Waals surface area contributed by atoms with Crippen molar-refractivity contribution in [3.63, 3.8) is 0 Å². The number of carbonyl (C=O) groups is 3. The molecule has 0 radical (unpaired) electrons. The molecule has 1 aliphatic rings. The molecule has 0 aromatic heterocycles. The third-order valence-corrected chi connectivity index (χ3v) is 7.17. The first-order chi connectivity index (χ1) is 18.3. The number of methoxy groups -OCH3 is 1. The minimum absolute atomic E-state index is 0.0681. The van der Waals surface area contributed by atoms with E-state index in [-0.39, 0.29) is 10.6 Å². The van der Waals surface area contributed by atoms with E-state index < -0.39 is 17.8 Å². The van der Waals surface area contributed by atoms with Crippen LogP contribution in [0.1, 0.15) is 30.1 Å². The van der Waals surface area contributed by atoms with Gasteiger partial charge in [0.05, 0.1) is 30.7 Å². The van der Waals surface area contributed by atoms with Crippen LogP contribution in [0.5, 0.6) is 5.75 Å². The Balaban J connectivity index is 1.67. The Labute approximate surface area is 234 Å². The van der Waals surface area contributed by atoms with Crippen molar-refractivity contribution >= 4 is 64.1 Å². The van der Waals surface area contributed by atoms with E-state index in [0.29, 0.717) is 39.3 Å². The first kappa shape index (κ1) is 27.6. The molecule has 2 amide bonds. The van der Waals surface area contributed by atoms with Crippen molar-refractivity contribution in [3.05, 3.63) is 92.9 Å². The average molecular weight is 571 g/mol. The Morgan fingerprint density at radius 2 is 1.63 bits per heavy atom. The van der Waals surface area contributed by atoms with Crippen LogP contribution < -0.4 is 15.0 Å². The number of halogens is 2. The van der Waals surface area contributed by atoms with Gasteiger partial charge in [-0.05, 0) is 73.2 Å². The van der Waals surface area contributed by atoms with Crippen molar-refractivity contribution in [2.24, 2.45) is 0 Å². The van der Waals surface area contributed by atoms with E-state index in [0.717, 1.165) is 34.4 Å². The van der Waals surface area contributed by atoms with E-state index in [1.165, 1.54) is 19.2 Å². The quantitative estimate of drug-likeness (QED) is 0.160. The van der Waals surface area contributed by atoms with Gasteiger partial charge in [-0.3, -0.25) is 9.59 Å². The predicted octanol–water partition coefficient (Wildman–Crippen LogP) is 6.95. The lowest BCUT2D eigenvalue weighted by atomic mass is 10.2. The molecule has 1 N–H and O–H groups in total. The number of imide groups is 1. The van der Waals surface area contributed by atoms with E-state index in [2.05, 4.69) is 5.32 Å². The van der Waals surface area contributed by atoms with Gasteiger partial charge in [0.25, 0.3) is 11.8 Å². The highest BCUT2D eigenvalue weighted by atomic mass is 35.5. The Bertz CT molecular complexity index is 1390. The molecule has 0 bridgehead atoms. The van der Waals surface area contributed by atoms with Crippen LogP contribution in [0.4, 0.5) is 11.4 Å². The van der Waals surface area contributed by atoms with Crippen molar-refractivity contribution in [3.8, 4) is 5.75 Å². The molecule has 1 aliphatic heterocycles. The summed E-state index contributed by atoms with van der Waals surface area (Å²) in [6, 6.07) is 18.0. The van der Waals surface area contributed by atoms with Crippen LogP contribution in [0.25, 0.3) is 0 Å². The second-order valence-electron chi connectivity index (χ2n) is 8.21. The van der Waals surface area contributed by atoms with Crippen LogP contribution in [0, 0.1) is 0 Å². The zero-order valence-corrected chi connectivity index (χ0v) is 23.0. The van der Waals surface area contributed by atoms with E-state index >= 15 is 0 Å². The molecular weight excluding hydrogens is 547 g/mol. The fourth-order valence-electron chi connectivity index (χ4n) is 3.62. The molecule has 0 saturated carbocycles. The molecule has 0 aliphatic carbocycles. The molecule has 3 aromatic rings. The van der Waals surface area contributed by atoms with Gasteiger partial charge in [-0.1, -0.05) is 48.3 Å². The summed E-state index contributed by atoms with van der Waals surface area (Å²) in [4.78, 5) is 41.5. The van der Waals surface area contributed by atoms with Gasteiger partial charge in [0.2, 0.25) is 0 Å². The third-order valence-electron chi connectivity index (χ3n) is 5.59. The Hall–Kier alpha value is -3.46. The molecule has 7 nitrogen and oxygen atoms in total. The van der Waals surface area contributed by atoms with Gasteiger partial charge in [-0.25, -0.2) is 9.69 Å². The van der Waals surface area contributed by atoms with Crippen LogP contribution in [0.2, 0.25) is 10.0 Å². The number of esters is 1. The number of anilines is 2. The number of nitrogens with one attached hydrogen (secondary N) is 1. The average Bonchev–Trinajstić information content (AvgIpc) is 3.14. The second-order valence-corrected chi connectivity index (χ2v) is 10.2. The van der Waals surface area contributed by atoms with Gasteiger partial charge in [0, 0.05) is 14.9 Å². The van der Waals surface area contributed by atoms with Gasteiger partial charge >= 0.3 is 5.97 Å². The number of benzene rings is 3. The molecule has 3 aromatic carbocycles. The summed E-state index contributed by atoms with van der Waals surface area (Å²) in [5, 5.41) is 4.04. The van der Waals surface area contributed by atoms with Gasteiger partial charge in [-0.15, -0.1) is 0 Å². The Morgan fingerprint density at radius 3 is 2.29 bits per heavy atom. The SMILES string of the molecule is CCCCOC(=O)c1ccc(N2C(=O)C(Nc3cc(Cl)ccc3OC)=C(Sc3ccc(Cl)cc3)C2=O)cc1. The molecule has 0 unspecified atom stereocenters. The molecule has 0 fully saturated rings. The smallest absolute Gasteiger partial charge is 0.338 e. The summed E-state index contributed by atoms with van der Waals surface area (Å²) < 4.78 is 10.6. The van der Waals surface area contributed by atoms with Gasteiger partial charge in [0.1, 0.15) is 16.4 Å². The monoisotopic (exact) mass is 570 g/mol. The summed E-state index contributed by atoms with van der Waals surface area (Å²) in [5.74, 6) is -1.09. The molecule has 4 rings (SSSR count). The Kier molecular flexibility index (Phi) is 8.99. The number of rotatable bonds is 10. The molecule has 1 heterocycles. The van der Waals surface area contributed by atoms with Crippen molar-refractivity contribution in [1.82, 2.24) is 0 Å². The van der Waals surface area contributed by atoms with Crippen molar-refractivity contribution in [2.45, 2.75) is 24.7 Å². The molecule has 0 atom stereocenters. The lowest BCUT2D eigenvalue weighted by Crippen LogP contribution is -2.32. The summed E-state index contributed by atoms with van der Waals surface area (Å²) in [6.45, 7) is 2.34. The lowest BCUT2D eigenvalue weighted by Gasteiger charge is -2.16. The summed E-state index contributed by atoms with van der Waals surface area (Å²) in [6.07, 6.45) is 1.68. The van der Waals surface area contributed by atoms with Crippen LogP contribution in [-0.4, -0.2) is 31.5 Å². The summed E-state index contributed by atoms with van der Waals surface area (Å²) in [5.41, 5.74) is 1.14. The maximum atomic E-state index is 13.6. The standard InChI is InChI=1S/C28H24Cl2N2O5S/c1-3-4-15-37-28(35)17-5-10-20(11-6-17)32-26(33)24(31-22-16-19(30)9-14-23(22)36-2)25(27(32)34)38-21-12-7-18(29)8-13-21/h5-14,16,31H,3-4,15H2,1-2H3. The van der Waals surface area contributed by atoms with Crippen LogP contribution in [0.15, 0.2) is 82.2 Å². The zero-order chi connectivity index (χ0) is 27.2. The van der Waals surface area contributed by atoms with Gasteiger partial charge in [-0.2, -0.15) is 0 Å². The maximum absolute atomic E-state index is 13.6. The maximum Gasteiger partial charge on any atom is 0.338 e. The van der Waals surface area contributed by atoms with Crippen LogP contribution in [-0.2, 0) is 14.3 Å². The number of hydrogen-bond acceptors (Lipinski definition) is 7. The summed E-state index contributed by atoms with van der Waals surface area (Å²) >= 11 is 13.3. The number of hydrogen-bond donors (Lipinski definition) is 1.